The van der Waals surface area contributed by atoms with Crippen LogP contribution in [0, 0.1) is 0 Å². The maximum absolute atomic E-state index is 12.3. The second-order valence-corrected chi connectivity index (χ2v) is 6.06. The monoisotopic (exact) mass is 331 g/mol. The number of piperazine rings is 1. The Morgan fingerprint density at radius 1 is 1.33 bits per heavy atom. The van der Waals surface area contributed by atoms with Gasteiger partial charge in [0.05, 0.1) is 13.2 Å². The first-order valence-corrected chi connectivity index (χ1v) is 8.19. The number of benzene rings is 1. The molecule has 1 aromatic carbocycles. The van der Waals surface area contributed by atoms with Gasteiger partial charge < -0.3 is 20.3 Å². The topological polar surface area (TPSA) is 87.7 Å². The summed E-state index contributed by atoms with van der Waals surface area (Å²) in [5.74, 6) is 0.265. The molecule has 0 aliphatic carbocycles. The Morgan fingerprint density at radius 2 is 2.08 bits per heavy atom. The van der Waals surface area contributed by atoms with Crippen LogP contribution in [0.25, 0.3) is 0 Å². The van der Waals surface area contributed by atoms with Crippen molar-refractivity contribution in [2.75, 3.05) is 19.7 Å². The van der Waals surface area contributed by atoms with Crippen molar-refractivity contribution in [3.8, 4) is 5.75 Å². The number of rotatable bonds is 5. The highest BCUT2D eigenvalue weighted by molar-refractivity contribution is 5.97. The first kappa shape index (κ1) is 16.3. The van der Waals surface area contributed by atoms with E-state index < -0.39 is 6.04 Å². The fourth-order valence-corrected chi connectivity index (χ4v) is 3.04. The smallest absolute Gasteiger partial charge is 0.251 e. The lowest BCUT2D eigenvalue weighted by Crippen LogP contribution is -2.55. The molecule has 3 rings (SSSR count). The van der Waals surface area contributed by atoms with E-state index >= 15 is 0 Å². The molecule has 0 unspecified atom stereocenters. The first-order chi connectivity index (χ1) is 11.6. The van der Waals surface area contributed by atoms with Crippen molar-refractivity contribution in [3.63, 3.8) is 0 Å². The van der Waals surface area contributed by atoms with Gasteiger partial charge in [0.25, 0.3) is 5.91 Å². The quantitative estimate of drug-likeness (QED) is 0.813. The molecular formula is C17H21N3O4. The van der Waals surface area contributed by atoms with Gasteiger partial charge in [-0.1, -0.05) is 6.92 Å². The zero-order valence-corrected chi connectivity index (χ0v) is 13.6. The van der Waals surface area contributed by atoms with Crippen LogP contribution >= 0.6 is 0 Å². The van der Waals surface area contributed by atoms with Gasteiger partial charge in [0.1, 0.15) is 11.8 Å². The largest absolute Gasteiger partial charge is 0.494 e. The van der Waals surface area contributed by atoms with E-state index in [1.807, 2.05) is 6.92 Å². The van der Waals surface area contributed by atoms with Crippen LogP contribution in [0.2, 0.25) is 0 Å². The normalized spacial score (nSPS) is 22.8. The molecular weight excluding hydrogens is 310 g/mol. The van der Waals surface area contributed by atoms with E-state index in [0.29, 0.717) is 25.1 Å². The number of carbonyl (C=O) groups excluding carboxylic acids is 3. The molecule has 1 aromatic rings. The molecule has 0 aromatic heterocycles. The lowest BCUT2D eigenvalue weighted by Gasteiger charge is -2.28. The van der Waals surface area contributed by atoms with Crippen LogP contribution in [0.1, 0.15) is 30.1 Å². The van der Waals surface area contributed by atoms with Gasteiger partial charge in [-0.3, -0.25) is 14.4 Å². The molecule has 3 amide bonds. The van der Waals surface area contributed by atoms with Crippen LogP contribution in [0.4, 0.5) is 0 Å². The lowest BCUT2D eigenvalue weighted by molar-refractivity contribution is -0.143. The third kappa shape index (κ3) is 3.34. The summed E-state index contributed by atoms with van der Waals surface area (Å²) >= 11 is 0. The number of amides is 3. The summed E-state index contributed by atoms with van der Waals surface area (Å²) in [6.45, 7) is 3.08. The third-order valence-electron chi connectivity index (χ3n) is 4.26. The van der Waals surface area contributed by atoms with Gasteiger partial charge in [0.15, 0.2) is 0 Å². The second kappa shape index (κ2) is 6.90. The van der Waals surface area contributed by atoms with Gasteiger partial charge in [-0.05, 0) is 37.1 Å². The molecule has 2 saturated heterocycles. The molecule has 0 radical (unpaired) electrons. The number of nitrogens with zero attached hydrogens (tertiary/aromatic N) is 1. The zero-order valence-electron chi connectivity index (χ0n) is 13.6. The summed E-state index contributed by atoms with van der Waals surface area (Å²) in [4.78, 5) is 37.5. The SMILES string of the molecule is CCCOc1ccc(C(=O)N[C@@H]2C[C@H]3C(=O)NCC(=O)N3C2)cc1. The van der Waals surface area contributed by atoms with E-state index in [2.05, 4.69) is 10.6 Å². The van der Waals surface area contributed by atoms with Crippen molar-refractivity contribution in [2.24, 2.45) is 0 Å². The van der Waals surface area contributed by atoms with Crippen molar-refractivity contribution in [3.05, 3.63) is 29.8 Å². The highest BCUT2D eigenvalue weighted by Gasteiger charge is 2.42. The van der Waals surface area contributed by atoms with E-state index in [-0.39, 0.29) is 30.3 Å². The summed E-state index contributed by atoms with van der Waals surface area (Å²) in [5.41, 5.74) is 0.527. The van der Waals surface area contributed by atoms with Crippen LogP contribution < -0.4 is 15.4 Å². The fourth-order valence-electron chi connectivity index (χ4n) is 3.04. The van der Waals surface area contributed by atoms with E-state index in [0.717, 1.165) is 12.2 Å². The van der Waals surface area contributed by atoms with E-state index in [1.165, 1.54) is 0 Å². The average Bonchev–Trinajstić information content (AvgIpc) is 3.02. The van der Waals surface area contributed by atoms with Crippen molar-refractivity contribution >= 4 is 17.7 Å². The minimum Gasteiger partial charge on any atom is -0.494 e. The van der Waals surface area contributed by atoms with Crippen molar-refractivity contribution < 1.29 is 19.1 Å². The Hall–Kier alpha value is -2.57. The molecule has 0 spiro atoms. The minimum atomic E-state index is -0.471. The maximum Gasteiger partial charge on any atom is 0.251 e. The first-order valence-electron chi connectivity index (χ1n) is 8.19. The van der Waals surface area contributed by atoms with Gasteiger partial charge in [-0.15, -0.1) is 0 Å². The van der Waals surface area contributed by atoms with Gasteiger partial charge >= 0.3 is 0 Å². The Kier molecular flexibility index (Phi) is 4.69. The number of ether oxygens (including phenoxy) is 1. The van der Waals surface area contributed by atoms with Crippen LogP contribution in [-0.2, 0) is 9.59 Å². The fraction of sp³-hybridized carbons (Fsp3) is 0.471. The van der Waals surface area contributed by atoms with E-state index in [4.69, 9.17) is 4.74 Å². The molecule has 0 bridgehead atoms. The number of nitrogens with one attached hydrogen (secondary N) is 2. The Labute approximate surface area is 140 Å². The van der Waals surface area contributed by atoms with E-state index in [9.17, 15) is 14.4 Å². The number of carbonyl (C=O) groups is 3. The van der Waals surface area contributed by atoms with Gasteiger partial charge in [-0.2, -0.15) is 0 Å². The summed E-state index contributed by atoms with van der Waals surface area (Å²) in [6, 6.07) is 6.26. The Balaban J connectivity index is 1.59. The summed E-state index contributed by atoms with van der Waals surface area (Å²) in [7, 11) is 0. The van der Waals surface area contributed by atoms with Crippen LogP contribution in [0.15, 0.2) is 24.3 Å². The summed E-state index contributed by atoms with van der Waals surface area (Å²) < 4.78 is 5.49. The summed E-state index contributed by atoms with van der Waals surface area (Å²) in [6.07, 6.45) is 1.37. The number of hydrogen-bond acceptors (Lipinski definition) is 4. The third-order valence-corrected chi connectivity index (χ3v) is 4.26. The van der Waals surface area contributed by atoms with Gasteiger partial charge in [0, 0.05) is 18.2 Å². The Bertz CT molecular complexity index is 620. The second-order valence-electron chi connectivity index (χ2n) is 6.06. The molecule has 24 heavy (non-hydrogen) atoms. The van der Waals surface area contributed by atoms with Gasteiger partial charge in [-0.25, -0.2) is 0 Å². The molecule has 2 aliphatic rings. The van der Waals surface area contributed by atoms with E-state index in [1.54, 1.807) is 29.2 Å². The average molecular weight is 331 g/mol. The minimum absolute atomic E-state index is 0.0369. The molecule has 0 saturated carbocycles. The predicted octanol–water partition coefficient (Wildman–Crippen LogP) is 0.305. The molecule has 2 fully saturated rings. The Morgan fingerprint density at radius 3 is 2.75 bits per heavy atom. The standard InChI is InChI=1S/C17H21N3O4/c1-2-7-24-13-5-3-11(4-6-13)16(22)19-12-8-14-17(23)18-9-15(21)20(14)10-12/h3-6,12,14H,2,7-10H2,1H3,(H,18,23)(H,19,22)/t12-,14+/m1/s1. The van der Waals surface area contributed by atoms with Crippen LogP contribution in [-0.4, -0.2) is 54.4 Å². The van der Waals surface area contributed by atoms with Crippen LogP contribution in [0.5, 0.6) is 5.75 Å². The van der Waals surface area contributed by atoms with Gasteiger partial charge in [0.2, 0.25) is 11.8 Å². The van der Waals surface area contributed by atoms with Crippen molar-refractivity contribution in [2.45, 2.75) is 31.8 Å². The molecule has 2 aliphatic heterocycles. The molecule has 7 heteroatoms. The van der Waals surface area contributed by atoms with Crippen LogP contribution in [0.3, 0.4) is 0 Å². The predicted molar refractivity (Wildman–Crippen MR) is 86.6 cm³/mol. The molecule has 2 atom stereocenters. The summed E-state index contributed by atoms with van der Waals surface area (Å²) in [5, 5.41) is 5.48. The molecule has 128 valence electrons. The number of fused-ring (bicyclic) bond motifs is 1. The lowest BCUT2D eigenvalue weighted by atomic mass is 10.1. The van der Waals surface area contributed by atoms with Crippen molar-refractivity contribution in [1.82, 2.24) is 15.5 Å². The number of hydrogen-bond donors (Lipinski definition) is 2. The molecule has 2 N–H and O–H groups in total. The van der Waals surface area contributed by atoms with Crippen molar-refractivity contribution in [1.29, 1.82) is 0 Å². The molecule has 2 heterocycles. The zero-order chi connectivity index (χ0) is 17.1. The highest BCUT2D eigenvalue weighted by atomic mass is 16.5. The highest BCUT2D eigenvalue weighted by Crippen LogP contribution is 2.21. The maximum atomic E-state index is 12.3. The molecule has 7 nitrogen and oxygen atoms in total.